The van der Waals surface area contributed by atoms with E-state index in [1.807, 2.05) is 56.3 Å². The molecule has 37 heavy (non-hydrogen) atoms. The average molecular weight is 534 g/mol. The number of methoxy groups -OCH3 is 1. The fourth-order valence-electron chi connectivity index (χ4n) is 4.97. The van der Waals surface area contributed by atoms with Crippen molar-refractivity contribution < 1.29 is 9.66 Å². The molecule has 0 spiro atoms. The van der Waals surface area contributed by atoms with Crippen LogP contribution in [0.3, 0.4) is 0 Å². The minimum Gasteiger partial charge on any atom is -0.494 e. The first-order valence-electron chi connectivity index (χ1n) is 11.6. The van der Waals surface area contributed by atoms with Crippen LogP contribution in [0.15, 0.2) is 72.9 Å². The first kappa shape index (κ1) is 24.7. The van der Waals surface area contributed by atoms with Gasteiger partial charge in [0.1, 0.15) is 5.75 Å². The van der Waals surface area contributed by atoms with E-state index in [1.54, 1.807) is 12.3 Å². The summed E-state index contributed by atoms with van der Waals surface area (Å²) in [6, 6.07) is 19.7. The third kappa shape index (κ3) is 4.41. The second-order valence-electron chi connectivity index (χ2n) is 8.75. The van der Waals surface area contributed by atoms with Crippen LogP contribution in [0.5, 0.6) is 5.75 Å². The number of nitrogens with zero attached hydrogens (tertiary/aromatic N) is 4. The number of nitro benzene ring substituents is 1. The van der Waals surface area contributed by atoms with Gasteiger partial charge >= 0.3 is 0 Å². The summed E-state index contributed by atoms with van der Waals surface area (Å²) < 4.78 is 7.60. The van der Waals surface area contributed by atoms with Crippen molar-refractivity contribution in [2.45, 2.75) is 25.9 Å². The number of rotatable bonds is 6. The minimum atomic E-state index is -0.431. The molecule has 1 aliphatic heterocycles. The molecule has 0 saturated carbocycles. The van der Waals surface area contributed by atoms with Gasteiger partial charge in [0, 0.05) is 34.4 Å². The van der Waals surface area contributed by atoms with Crippen LogP contribution < -0.4 is 15.0 Å². The number of ether oxygens (including phenoxy) is 1. The van der Waals surface area contributed by atoms with Crippen molar-refractivity contribution in [1.29, 1.82) is 0 Å². The Bertz CT molecular complexity index is 1490. The standard InChI is InChI=1S/C27H24ClN5O3S/c1-16-14-21(17(2)31(16)23-12-11-20(33(34)35)15-24(23)36-3)26-25(22-6-4-5-13-29-22)30-27(37)32(26)19-9-7-18(28)8-10-19/h4-15,25-26H,1-3H3,(H,30,37)/t25-,26+/m0/s1. The zero-order valence-corrected chi connectivity index (χ0v) is 22.0. The monoisotopic (exact) mass is 533 g/mol. The molecular formula is C27H24ClN5O3S. The van der Waals surface area contributed by atoms with Crippen LogP contribution >= 0.6 is 23.8 Å². The van der Waals surface area contributed by atoms with Gasteiger partial charge in [-0.15, -0.1) is 0 Å². The Balaban J connectivity index is 1.68. The Morgan fingerprint density at radius 3 is 2.51 bits per heavy atom. The maximum absolute atomic E-state index is 11.3. The molecule has 4 aromatic rings. The number of benzene rings is 2. The molecule has 1 N–H and O–H groups in total. The number of hydrogen-bond donors (Lipinski definition) is 1. The van der Waals surface area contributed by atoms with E-state index in [0.29, 0.717) is 15.9 Å². The summed E-state index contributed by atoms with van der Waals surface area (Å²) >= 11 is 12.0. The number of nitro groups is 1. The number of halogens is 1. The fourth-order valence-corrected chi connectivity index (χ4v) is 5.44. The van der Waals surface area contributed by atoms with E-state index < -0.39 is 4.92 Å². The van der Waals surface area contributed by atoms with E-state index in [-0.39, 0.29) is 17.8 Å². The molecule has 0 bridgehead atoms. The van der Waals surface area contributed by atoms with E-state index in [2.05, 4.69) is 25.8 Å². The third-order valence-electron chi connectivity index (χ3n) is 6.61. The number of pyridine rings is 1. The lowest BCUT2D eigenvalue weighted by molar-refractivity contribution is -0.384. The highest BCUT2D eigenvalue weighted by atomic mass is 35.5. The van der Waals surface area contributed by atoms with Crippen molar-refractivity contribution >= 4 is 40.3 Å². The molecular weight excluding hydrogens is 510 g/mol. The topological polar surface area (TPSA) is 85.5 Å². The predicted molar refractivity (Wildman–Crippen MR) is 148 cm³/mol. The highest BCUT2D eigenvalue weighted by molar-refractivity contribution is 7.80. The summed E-state index contributed by atoms with van der Waals surface area (Å²) in [6.07, 6.45) is 1.77. The zero-order valence-electron chi connectivity index (χ0n) is 20.4. The van der Waals surface area contributed by atoms with Crippen LogP contribution in [-0.4, -0.2) is 26.7 Å². The lowest BCUT2D eigenvalue weighted by atomic mass is 9.96. The lowest BCUT2D eigenvalue weighted by Gasteiger charge is -2.28. The van der Waals surface area contributed by atoms with Crippen LogP contribution in [-0.2, 0) is 0 Å². The Kier molecular flexibility index (Phi) is 6.57. The second kappa shape index (κ2) is 9.84. The quantitative estimate of drug-likeness (QED) is 0.178. The van der Waals surface area contributed by atoms with E-state index in [4.69, 9.17) is 28.6 Å². The summed E-state index contributed by atoms with van der Waals surface area (Å²) in [7, 11) is 1.51. The van der Waals surface area contributed by atoms with E-state index in [0.717, 1.165) is 34.0 Å². The number of non-ortho nitro benzene ring substituents is 1. The summed E-state index contributed by atoms with van der Waals surface area (Å²) in [4.78, 5) is 17.6. The van der Waals surface area contributed by atoms with Crippen molar-refractivity contribution in [2.75, 3.05) is 12.0 Å². The molecule has 0 unspecified atom stereocenters. The van der Waals surface area contributed by atoms with Gasteiger partial charge in [0.05, 0.1) is 41.6 Å². The molecule has 1 fully saturated rings. The van der Waals surface area contributed by atoms with E-state index in [9.17, 15) is 10.1 Å². The van der Waals surface area contributed by atoms with Crippen molar-refractivity contribution in [3.05, 3.63) is 111 Å². The third-order valence-corrected chi connectivity index (χ3v) is 7.17. The number of hydrogen-bond acceptors (Lipinski definition) is 5. The molecule has 188 valence electrons. The number of thiocarbonyl (C=S) groups is 1. The molecule has 0 radical (unpaired) electrons. The van der Waals surface area contributed by atoms with E-state index in [1.165, 1.54) is 19.2 Å². The summed E-state index contributed by atoms with van der Waals surface area (Å²) in [5, 5.41) is 16.0. The van der Waals surface area contributed by atoms with Crippen molar-refractivity contribution in [1.82, 2.24) is 14.9 Å². The van der Waals surface area contributed by atoms with Gasteiger partial charge in [0.25, 0.3) is 5.69 Å². The summed E-state index contributed by atoms with van der Waals surface area (Å²) in [5.74, 6) is 0.415. The van der Waals surface area contributed by atoms with Crippen molar-refractivity contribution in [3.63, 3.8) is 0 Å². The number of aryl methyl sites for hydroxylation is 1. The molecule has 3 heterocycles. The SMILES string of the molecule is COc1cc([N+](=O)[O-])ccc1-n1c(C)cc([C@@H]2[C@H](c3ccccn3)NC(=S)N2c2ccc(Cl)cc2)c1C. The molecule has 0 aliphatic carbocycles. The number of nitrogens with one attached hydrogen (secondary N) is 1. The number of aromatic nitrogens is 2. The molecule has 0 amide bonds. The van der Waals surface area contributed by atoms with Gasteiger partial charge in [-0.25, -0.2) is 0 Å². The molecule has 8 nitrogen and oxygen atoms in total. The van der Waals surface area contributed by atoms with Crippen LogP contribution in [0.2, 0.25) is 5.02 Å². The van der Waals surface area contributed by atoms with Gasteiger partial charge in [-0.1, -0.05) is 17.7 Å². The zero-order chi connectivity index (χ0) is 26.3. The Morgan fingerprint density at radius 1 is 1.11 bits per heavy atom. The molecule has 10 heteroatoms. The largest absolute Gasteiger partial charge is 0.494 e. The highest BCUT2D eigenvalue weighted by Crippen LogP contribution is 2.44. The maximum Gasteiger partial charge on any atom is 0.273 e. The van der Waals surface area contributed by atoms with Crippen molar-refractivity contribution in [3.8, 4) is 11.4 Å². The molecule has 2 aromatic heterocycles. The molecule has 1 aliphatic rings. The Hall–Kier alpha value is -3.95. The van der Waals surface area contributed by atoms with Crippen LogP contribution in [0.1, 0.15) is 34.7 Å². The summed E-state index contributed by atoms with van der Waals surface area (Å²) in [5.41, 5.74) is 5.41. The van der Waals surface area contributed by atoms with Gasteiger partial charge in [-0.3, -0.25) is 15.1 Å². The molecule has 2 aromatic carbocycles. The lowest BCUT2D eigenvalue weighted by Crippen LogP contribution is -2.29. The predicted octanol–water partition coefficient (Wildman–Crippen LogP) is 6.24. The second-order valence-corrected chi connectivity index (χ2v) is 9.57. The Labute approximate surface area is 224 Å². The number of anilines is 1. The molecule has 1 saturated heterocycles. The first-order chi connectivity index (χ1) is 17.8. The van der Waals surface area contributed by atoms with Gasteiger partial charge in [0.15, 0.2) is 5.11 Å². The average Bonchev–Trinajstić information content (AvgIpc) is 3.39. The fraction of sp³-hybridized carbons (Fsp3) is 0.185. The van der Waals surface area contributed by atoms with Gasteiger partial charge in [-0.05, 0) is 80.2 Å². The van der Waals surface area contributed by atoms with E-state index >= 15 is 0 Å². The van der Waals surface area contributed by atoms with Crippen molar-refractivity contribution in [2.24, 2.45) is 0 Å². The summed E-state index contributed by atoms with van der Waals surface area (Å²) in [6.45, 7) is 4.03. The normalized spacial score (nSPS) is 17.1. The van der Waals surface area contributed by atoms with Gasteiger partial charge in [-0.2, -0.15) is 0 Å². The smallest absolute Gasteiger partial charge is 0.273 e. The van der Waals surface area contributed by atoms with Crippen LogP contribution in [0.4, 0.5) is 11.4 Å². The molecule has 5 rings (SSSR count). The van der Waals surface area contributed by atoms with Gasteiger partial charge < -0.3 is 19.5 Å². The van der Waals surface area contributed by atoms with Crippen LogP contribution in [0, 0.1) is 24.0 Å². The minimum absolute atomic E-state index is 0.0299. The molecule has 2 atom stereocenters. The van der Waals surface area contributed by atoms with Crippen LogP contribution in [0.25, 0.3) is 5.69 Å². The highest BCUT2D eigenvalue weighted by Gasteiger charge is 2.42. The van der Waals surface area contributed by atoms with Gasteiger partial charge in [0.2, 0.25) is 0 Å². The Morgan fingerprint density at radius 2 is 1.86 bits per heavy atom. The maximum atomic E-state index is 11.3. The first-order valence-corrected chi connectivity index (χ1v) is 12.4.